The Bertz CT molecular complexity index is 481. The topological polar surface area (TPSA) is 37.4 Å². The van der Waals surface area contributed by atoms with E-state index in [1.54, 1.807) is 4.90 Å². The molecule has 1 saturated carbocycles. The van der Waals surface area contributed by atoms with E-state index in [2.05, 4.69) is 6.58 Å². The molecular formula is C17H21NO2. The van der Waals surface area contributed by atoms with Crippen LogP contribution in [-0.4, -0.2) is 23.1 Å². The number of Topliss-reactive ketones (excluding diaryl/α,β-unsaturated/α-hetero) is 1. The van der Waals surface area contributed by atoms with Crippen molar-refractivity contribution in [1.82, 2.24) is 4.90 Å². The van der Waals surface area contributed by atoms with Gasteiger partial charge in [-0.2, -0.15) is 0 Å². The first-order valence-electron chi connectivity index (χ1n) is 7.18. The van der Waals surface area contributed by atoms with Gasteiger partial charge in [0, 0.05) is 19.5 Å². The Hall–Kier alpha value is -1.90. The minimum absolute atomic E-state index is 0.0156. The van der Waals surface area contributed by atoms with Crippen LogP contribution in [0, 0.1) is 5.92 Å². The van der Waals surface area contributed by atoms with Crippen molar-refractivity contribution < 1.29 is 9.59 Å². The normalized spacial score (nSPS) is 18.0. The molecule has 1 amide bonds. The number of carbonyl (C=O) groups is 2. The summed E-state index contributed by atoms with van der Waals surface area (Å²) in [5, 5.41) is 0. The van der Waals surface area contributed by atoms with E-state index in [9.17, 15) is 9.59 Å². The lowest BCUT2D eigenvalue weighted by molar-refractivity contribution is -0.140. The molecule has 0 radical (unpaired) electrons. The van der Waals surface area contributed by atoms with Gasteiger partial charge in [-0.05, 0) is 24.8 Å². The monoisotopic (exact) mass is 271 g/mol. The molecule has 1 atom stereocenters. The van der Waals surface area contributed by atoms with Crippen LogP contribution in [-0.2, 0) is 16.1 Å². The summed E-state index contributed by atoms with van der Waals surface area (Å²) in [4.78, 5) is 26.1. The van der Waals surface area contributed by atoms with E-state index in [1.807, 2.05) is 36.4 Å². The summed E-state index contributed by atoms with van der Waals surface area (Å²) in [6.07, 6.45) is 4.66. The van der Waals surface area contributed by atoms with Gasteiger partial charge in [0.05, 0.1) is 5.92 Å². The fraction of sp³-hybridized carbons (Fsp3) is 0.412. The molecule has 2 rings (SSSR count). The zero-order chi connectivity index (χ0) is 14.4. The molecule has 20 heavy (non-hydrogen) atoms. The number of rotatable bonds is 6. The third-order valence-corrected chi connectivity index (χ3v) is 3.73. The van der Waals surface area contributed by atoms with Gasteiger partial charge in [0.1, 0.15) is 5.78 Å². The average molecular weight is 271 g/mol. The van der Waals surface area contributed by atoms with Gasteiger partial charge in [0.2, 0.25) is 5.91 Å². The molecule has 0 aromatic heterocycles. The number of hydrogen-bond acceptors (Lipinski definition) is 2. The Balaban J connectivity index is 2.08. The third kappa shape index (κ3) is 3.56. The van der Waals surface area contributed by atoms with E-state index in [0.717, 1.165) is 18.4 Å². The van der Waals surface area contributed by atoms with Crippen molar-refractivity contribution in [3.8, 4) is 0 Å². The van der Waals surface area contributed by atoms with E-state index >= 15 is 0 Å². The van der Waals surface area contributed by atoms with Gasteiger partial charge < -0.3 is 4.90 Å². The number of ketones is 1. The van der Waals surface area contributed by atoms with Crippen LogP contribution in [0.2, 0.25) is 0 Å². The molecular weight excluding hydrogens is 250 g/mol. The van der Waals surface area contributed by atoms with Crippen LogP contribution in [0.4, 0.5) is 0 Å². The van der Waals surface area contributed by atoms with E-state index in [-0.39, 0.29) is 11.7 Å². The van der Waals surface area contributed by atoms with Crippen LogP contribution in [0.3, 0.4) is 0 Å². The van der Waals surface area contributed by atoms with Crippen LogP contribution < -0.4 is 0 Å². The summed E-state index contributed by atoms with van der Waals surface area (Å²) in [6, 6.07) is 9.90. The van der Waals surface area contributed by atoms with E-state index in [0.29, 0.717) is 25.9 Å². The molecule has 0 aliphatic heterocycles. The highest BCUT2D eigenvalue weighted by Gasteiger charge is 2.33. The lowest BCUT2D eigenvalue weighted by atomic mass is 10.0. The van der Waals surface area contributed by atoms with Crippen LogP contribution in [0.25, 0.3) is 0 Å². The molecule has 1 aliphatic carbocycles. The Morgan fingerprint density at radius 2 is 2.10 bits per heavy atom. The number of hydrogen-bond donors (Lipinski definition) is 0. The maximum absolute atomic E-state index is 12.5. The number of benzene rings is 1. The fourth-order valence-electron chi connectivity index (χ4n) is 2.62. The number of nitrogens with zero attached hydrogens (tertiary/aromatic N) is 1. The maximum atomic E-state index is 12.5. The maximum Gasteiger partial charge on any atom is 0.233 e. The third-order valence-electron chi connectivity index (χ3n) is 3.73. The molecule has 3 nitrogen and oxygen atoms in total. The predicted octanol–water partition coefficient (Wildman–Crippen LogP) is 2.96. The largest absolute Gasteiger partial charge is 0.337 e. The van der Waals surface area contributed by atoms with Gasteiger partial charge in [-0.1, -0.05) is 36.4 Å². The van der Waals surface area contributed by atoms with Crippen molar-refractivity contribution >= 4 is 11.7 Å². The Morgan fingerprint density at radius 3 is 2.70 bits per heavy atom. The van der Waals surface area contributed by atoms with Gasteiger partial charge in [-0.25, -0.2) is 0 Å². The Kier molecular flexibility index (Phi) is 5.10. The fourth-order valence-corrected chi connectivity index (χ4v) is 2.62. The second kappa shape index (κ2) is 7.04. The van der Waals surface area contributed by atoms with Crippen molar-refractivity contribution in [3.05, 3.63) is 48.6 Å². The van der Waals surface area contributed by atoms with Crippen LogP contribution >= 0.6 is 0 Å². The second-order valence-electron chi connectivity index (χ2n) is 5.23. The molecule has 3 heteroatoms. The van der Waals surface area contributed by atoms with Crippen molar-refractivity contribution in [2.45, 2.75) is 32.2 Å². The molecule has 0 spiro atoms. The average Bonchev–Trinajstić information content (AvgIpc) is 2.90. The number of carbonyl (C=O) groups excluding carboxylic acids is 2. The second-order valence-corrected chi connectivity index (χ2v) is 5.23. The summed E-state index contributed by atoms with van der Waals surface area (Å²) in [5.74, 6) is -0.326. The highest BCUT2D eigenvalue weighted by atomic mass is 16.2. The zero-order valence-corrected chi connectivity index (χ0v) is 11.8. The molecule has 0 saturated heterocycles. The van der Waals surface area contributed by atoms with Crippen molar-refractivity contribution in [1.29, 1.82) is 0 Å². The summed E-state index contributed by atoms with van der Waals surface area (Å²) < 4.78 is 0. The lowest BCUT2D eigenvalue weighted by Gasteiger charge is -2.25. The first kappa shape index (κ1) is 14.5. The van der Waals surface area contributed by atoms with E-state index in [1.165, 1.54) is 0 Å². The van der Waals surface area contributed by atoms with Crippen molar-refractivity contribution in [2.75, 3.05) is 6.54 Å². The summed E-state index contributed by atoms with van der Waals surface area (Å²) >= 11 is 0. The minimum Gasteiger partial charge on any atom is -0.337 e. The summed E-state index contributed by atoms with van der Waals surface area (Å²) in [7, 11) is 0. The van der Waals surface area contributed by atoms with Crippen LogP contribution in [0.5, 0.6) is 0 Å². The van der Waals surface area contributed by atoms with Gasteiger partial charge in [0.25, 0.3) is 0 Å². The van der Waals surface area contributed by atoms with E-state index < -0.39 is 5.92 Å². The van der Waals surface area contributed by atoms with Gasteiger partial charge in [0.15, 0.2) is 0 Å². The van der Waals surface area contributed by atoms with Crippen LogP contribution in [0.15, 0.2) is 43.0 Å². The molecule has 106 valence electrons. The SMILES string of the molecule is C=CCCN(Cc1ccccc1)C(=O)C1CCCC1=O. The highest BCUT2D eigenvalue weighted by molar-refractivity contribution is 6.02. The van der Waals surface area contributed by atoms with Gasteiger partial charge >= 0.3 is 0 Å². The molecule has 1 aliphatic rings. The van der Waals surface area contributed by atoms with Crippen LogP contribution in [0.1, 0.15) is 31.2 Å². The summed E-state index contributed by atoms with van der Waals surface area (Å²) in [6.45, 7) is 4.90. The standard InChI is InChI=1S/C17H21NO2/c1-2-3-12-18(13-14-8-5-4-6-9-14)17(20)15-10-7-11-16(15)19/h2,4-6,8-9,15H,1,3,7,10-13H2. The Morgan fingerprint density at radius 1 is 1.35 bits per heavy atom. The molecule has 1 aromatic rings. The highest BCUT2D eigenvalue weighted by Crippen LogP contribution is 2.24. The molecule has 1 unspecified atom stereocenters. The van der Waals surface area contributed by atoms with Crippen molar-refractivity contribution in [2.24, 2.45) is 5.92 Å². The quantitative estimate of drug-likeness (QED) is 0.589. The smallest absolute Gasteiger partial charge is 0.233 e. The van der Waals surface area contributed by atoms with Gasteiger partial charge in [-0.3, -0.25) is 9.59 Å². The molecule has 1 fully saturated rings. The minimum atomic E-state index is -0.413. The summed E-state index contributed by atoms with van der Waals surface area (Å²) in [5.41, 5.74) is 1.09. The molecule has 1 aromatic carbocycles. The Labute approximate surface area is 120 Å². The number of amides is 1. The lowest BCUT2D eigenvalue weighted by Crippen LogP contribution is -2.37. The predicted molar refractivity (Wildman–Crippen MR) is 79.0 cm³/mol. The van der Waals surface area contributed by atoms with Crippen molar-refractivity contribution in [3.63, 3.8) is 0 Å². The first-order valence-corrected chi connectivity index (χ1v) is 7.18. The zero-order valence-electron chi connectivity index (χ0n) is 11.8. The van der Waals surface area contributed by atoms with E-state index in [4.69, 9.17) is 0 Å². The molecule has 0 heterocycles. The first-order chi connectivity index (χ1) is 9.72. The molecule has 0 N–H and O–H groups in total. The van der Waals surface area contributed by atoms with Gasteiger partial charge in [-0.15, -0.1) is 6.58 Å². The molecule has 0 bridgehead atoms.